The van der Waals surface area contributed by atoms with Gasteiger partial charge in [-0.25, -0.2) is 0 Å². The molecule has 0 N–H and O–H groups in total. The highest BCUT2D eigenvalue weighted by atomic mass is 35.5. The van der Waals surface area contributed by atoms with Crippen molar-refractivity contribution >= 4 is 44.6 Å². The summed E-state index contributed by atoms with van der Waals surface area (Å²) in [5.41, 5.74) is 0.885. The summed E-state index contributed by atoms with van der Waals surface area (Å²) in [5.74, 6) is -0.140. The van der Waals surface area contributed by atoms with Gasteiger partial charge in [0.05, 0.1) is 9.80 Å². The van der Waals surface area contributed by atoms with E-state index in [-0.39, 0.29) is 11.6 Å². The van der Waals surface area contributed by atoms with E-state index in [2.05, 4.69) is 0 Å². The molecule has 0 spiro atoms. The number of non-ortho nitro benzene ring substituents is 1. The summed E-state index contributed by atoms with van der Waals surface area (Å²) in [6, 6.07) is 13.7. The van der Waals surface area contributed by atoms with Gasteiger partial charge in [0.1, 0.15) is 0 Å². The number of nitrogens with zero attached hydrogens (tertiary/aromatic N) is 2. The van der Waals surface area contributed by atoms with Crippen molar-refractivity contribution in [1.29, 1.82) is 0 Å². The van der Waals surface area contributed by atoms with E-state index in [0.29, 0.717) is 21.8 Å². The molecule has 3 rings (SSSR count). The molecular formula is C17H13ClN2O3S. The predicted octanol–water partition coefficient (Wildman–Crippen LogP) is 4.74. The topological polar surface area (TPSA) is 63.5 Å². The van der Waals surface area contributed by atoms with Crippen LogP contribution in [0.4, 0.5) is 5.69 Å². The van der Waals surface area contributed by atoms with Crippen LogP contribution in [0.2, 0.25) is 5.02 Å². The van der Waals surface area contributed by atoms with Crippen molar-refractivity contribution in [2.45, 2.75) is 6.54 Å². The van der Waals surface area contributed by atoms with E-state index in [0.717, 1.165) is 10.3 Å². The summed E-state index contributed by atoms with van der Waals surface area (Å²) < 4.78 is 0.843. The van der Waals surface area contributed by atoms with Crippen LogP contribution in [-0.2, 0) is 6.54 Å². The first kappa shape index (κ1) is 16.4. The van der Waals surface area contributed by atoms with Crippen molar-refractivity contribution in [3.05, 3.63) is 74.1 Å². The number of nitro benzene ring substituents is 1. The van der Waals surface area contributed by atoms with E-state index < -0.39 is 4.92 Å². The Balaban J connectivity index is 1.85. The molecule has 5 nitrogen and oxygen atoms in total. The fraction of sp³-hybridized carbons (Fsp3) is 0.118. The van der Waals surface area contributed by atoms with E-state index in [1.165, 1.54) is 23.5 Å². The van der Waals surface area contributed by atoms with E-state index >= 15 is 0 Å². The fourth-order valence-electron chi connectivity index (χ4n) is 2.39. The number of carbonyl (C=O) groups is 1. The highest BCUT2D eigenvalue weighted by Gasteiger charge is 2.17. The second kappa shape index (κ2) is 6.59. The summed E-state index contributed by atoms with van der Waals surface area (Å²) in [4.78, 5) is 25.1. The number of hydrogen-bond acceptors (Lipinski definition) is 4. The van der Waals surface area contributed by atoms with Crippen LogP contribution in [-0.4, -0.2) is 22.8 Å². The molecule has 1 heterocycles. The minimum atomic E-state index is -0.442. The largest absolute Gasteiger partial charge is 0.337 e. The van der Waals surface area contributed by atoms with Crippen molar-refractivity contribution in [2.24, 2.45) is 0 Å². The van der Waals surface area contributed by atoms with Crippen LogP contribution in [0.5, 0.6) is 0 Å². The number of benzene rings is 2. The quantitative estimate of drug-likeness (QED) is 0.499. The molecule has 2 aromatic carbocycles. The van der Waals surface area contributed by atoms with Crippen LogP contribution in [0.1, 0.15) is 15.2 Å². The van der Waals surface area contributed by atoms with Gasteiger partial charge in [-0.15, -0.1) is 11.3 Å². The maximum absolute atomic E-state index is 12.6. The molecule has 0 atom stereocenters. The van der Waals surface area contributed by atoms with E-state index in [9.17, 15) is 14.9 Å². The monoisotopic (exact) mass is 360 g/mol. The van der Waals surface area contributed by atoms with E-state index in [1.54, 1.807) is 30.1 Å². The number of nitro groups is 1. The number of hydrogen-bond donors (Lipinski definition) is 0. The van der Waals surface area contributed by atoms with Gasteiger partial charge in [0.15, 0.2) is 0 Å². The van der Waals surface area contributed by atoms with Crippen LogP contribution in [0.15, 0.2) is 48.5 Å². The summed E-state index contributed by atoms with van der Waals surface area (Å²) in [7, 11) is 1.71. The first-order valence-corrected chi connectivity index (χ1v) is 8.32. The maximum Gasteiger partial charge on any atom is 0.270 e. The summed E-state index contributed by atoms with van der Waals surface area (Å²) in [6.07, 6.45) is 0. The van der Waals surface area contributed by atoms with Gasteiger partial charge in [0.2, 0.25) is 0 Å². The number of halogens is 1. The molecule has 24 heavy (non-hydrogen) atoms. The van der Waals surface area contributed by atoms with Gasteiger partial charge in [-0.05, 0) is 23.8 Å². The molecule has 0 aliphatic heterocycles. The molecule has 0 fully saturated rings. The van der Waals surface area contributed by atoms with Crippen molar-refractivity contribution < 1.29 is 9.72 Å². The second-order valence-corrected chi connectivity index (χ2v) is 6.83. The normalized spacial score (nSPS) is 10.8. The Morgan fingerprint density at radius 1 is 1.25 bits per heavy atom. The number of amides is 1. The summed E-state index contributed by atoms with van der Waals surface area (Å²) in [5, 5.41) is 12.2. The molecular weight excluding hydrogens is 348 g/mol. The number of carbonyl (C=O) groups excluding carboxylic acids is 1. The van der Waals surface area contributed by atoms with Crippen molar-refractivity contribution in [1.82, 2.24) is 4.90 Å². The zero-order valence-electron chi connectivity index (χ0n) is 12.7. The zero-order chi connectivity index (χ0) is 17.3. The maximum atomic E-state index is 12.6. The SMILES string of the molecule is CN(Cc1ccccc1Cl)C(=O)c1cc2cc([N+](=O)[O-])ccc2s1. The first-order chi connectivity index (χ1) is 11.5. The van der Waals surface area contributed by atoms with Gasteiger partial charge in [-0.3, -0.25) is 14.9 Å². The van der Waals surface area contributed by atoms with Crippen LogP contribution in [0.25, 0.3) is 10.1 Å². The lowest BCUT2D eigenvalue weighted by atomic mass is 10.2. The molecule has 3 aromatic rings. The molecule has 7 heteroatoms. The van der Waals surface area contributed by atoms with Crippen LogP contribution >= 0.6 is 22.9 Å². The average molecular weight is 361 g/mol. The van der Waals surface area contributed by atoms with Crippen LogP contribution in [0, 0.1) is 10.1 Å². The van der Waals surface area contributed by atoms with Gasteiger partial charge in [-0.1, -0.05) is 29.8 Å². The highest BCUT2D eigenvalue weighted by molar-refractivity contribution is 7.20. The van der Waals surface area contributed by atoms with Crippen LogP contribution in [0.3, 0.4) is 0 Å². The Hall–Kier alpha value is -2.44. The fourth-order valence-corrected chi connectivity index (χ4v) is 3.63. The molecule has 0 aliphatic rings. The van der Waals surface area contributed by atoms with Gasteiger partial charge < -0.3 is 4.90 Å². The smallest absolute Gasteiger partial charge is 0.270 e. The van der Waals surface area contributed by atoms with Crippen molar-refractivity contribution in [3.8, 4) is 0 Å². The standard InChI is InChI=1S/C17H13ClN2O3S/c1-19(10-11-4-2-3-5-14(11)18)17(21)16-9-12-8-13(20(22)23)6-7-15(12)24-16/h2-9H,10H2,1H3. The Kier molecular flexibility index (Phi) is 4.51. The second-order valence-electron chi connectivity index (χ2n) is 5.34. The third kappa shape index (κ3) is 3.25. The molecule has 0 bridgehead atoms. The predicted molar refractivity (Wildman–Crippen MR) is 95.7 cm³/mol. The molecule has 1 aromatic heterocycles. The molecule has 0 saturated heterocycles. The Bertz CT molecular complexity index is 938. The van der Waals surface area contributed by atoms with Crippen molar-refractivity contribution in [2.75, 3.05) is 7.05 Å². The van der Waals surface area contributed by atoms with Gasteiger partial charge >= 0.3 is 0 Å². The summed E-state index contributed by atoms with van der Waals surface area (Å²) >= 11 is 7.45. The third-order valence-electron chi connectivity index (χ3n) is 3.63. The van der Waals surface area contributed by atoms with Gasteiger partial charge in [-0.2, -0.15) is 0 Å². The van der Waals surface area contributed by atoms with E-state index in [4.69, 9.17) is 11.6 Å². The Morgan fingerprint density at radius 3 is 2.71 bits per heavy atom. The Labute approximate surface area is 147 Å². The minimum absolute atomic E-state index is 0.0173. The molecule has 0 unspecified atom stereocenters. The third-order valence-corrected chi connectivity index (χ3v) is 5.11. The average Bonchev–Trinajstić information content (AvgIpc) is 2.99. The minimum Gasteiger partial charge on any atom is -0.337 e. The molecule has 0 saturated carbocycles. The van der Waals surface area contributed by atoms with E-state index in [1.807, 2.05) is 18.2 Å². The number of thiophene rings is 1. The lowest BCUT2D eigenvalue weighted by Crippen LogP contribution is -2.25. The lowest BCUT2D eigenvalue weighted by molar-refractivity contribution is -0.384. The molecule has 122 valence electrons. The lowest BCUT2D eigenvalue weighted by Gasteiger charge is -2.17. The van der Waals surface area contributed by atoms with Crippen LogP contribution < -0.4 is 0 Å². The summed E-state index contributed by atoms with van der Waals surface area (Å²) in [6.45, 7) is 0.396. The van der Waals surface area contributed by atoms with Crippen molar-refractivity contribution in [3.63, 3.8) is 0 Å². The number of rotatable bonds is 4. The van der Waals surface area contributed by atoms with Gasteiger partial charge in [0, 0.05) is 40.8 Å². The first-order valence-electron chi connectivity index (χ1n) is 7.12. The zero-order valence-corrected chi connectivity index (χ0v) is 14.3. The molecule has 0 radical (unpaired) electrons. The van der Waals surface area contributed by atoms with Gasteiger partial charge in [0.25, 0.3) is 11.6 Å². The molecule has 0 aliphatic carbocycles. The Morgan fingerprint density at radius 2 is 2.00 bits per heavy atom. The molecule has 1 amide bonds. The number of fused-ring (bicyclic) bond motifs is 1. The highest BCUT2D eigenvalue weighted by Crippen LogP contribution is 2.30.